The maximum Gasteiger partial charge on any atom is 0.302 e. The van der Waals surface area contributed by atoms with Crippen molar-refractivity contribution in [1.82, 2.24) is 15.0 Å². The number of imidazole rings is 1. The monoisotopic (exact) mass is 454 g/mol. The molecule has 1 aliphatic rings. The summed E-state index contributed by atoms with van der Waals surface area (Å²) in [6.45, 7) is 4.25. The Balaban J connectivity index is 1.69. The van der Waals surface area contributed by atoms with E-state index in [-0.39, 0.29) is 17.3 Å². The fourth-order valence-electron chi connectivity index (χ4n) is 4.23. The van der Waals surface area contributed by atoms with Crippen molar-refractivity contribution in [2.24, 2.45) is 0 Å². The number of para-hydroxylation sites is 2. The van der Waals surface area contributed by atoms with Gasteiger partial charge in [-0.25, -0.2) is 4.98 Å². The zero-order chi connectivity index (χ0) is 23.8. The number of nitrogens with one attached hydrogen (secondary N) is 1. The number of ketones is 1. The standard InChI is InChI=1S/C26H22N4O4/c1-3-34-20-11-10-16(13-15(20)2)23(31)21-22(17-7-6-12-27-14-17)30(25(33)24(21)32)26-28-18-8-4-5-9-19(18)29-26/h4-14,22,31H,3H2,1-2H3,(H,28,29)/b23-21+. The molecule has 0 spiro atoms. The van der Waals surface area contributed by atoms with Crippen LogP contribution in [-0.4, -0.2) is 38.4 Å². The molecule has 0 radical (unpaired) electrons. The first kappa shape index (κ1) is 21.4. The second-order valence-electron chi connectivity index (χ2n) is 7.95. The predicted molar refractivity (Wildman–Crippen MR) is 127 cm³/mol. The van der Waals surface area contributed by atoms with Crippen LogP contribution >= 0.6 is 0 Å². The number of aromatic nitrogens is 3. The highest BCUT2D eigenvalue weighted by Gasteiger charge is 2.48. The van der Waals surface area contributed by atoms with Crippen molar-refractivity contribution in [3.63, 3.8) is 0 Å². The van der Waals surface area contributed by atoms with Crippen LogP contribution in [0.5, 0.6) is 5.75 Å². The first-order chi connectivity index (χ1) is 16.5. The third kappa shape index (κ3) is 3.49. The number of aliphatic hydroxyl groups excluding tert-OH is 1. The summed E-state index contributed by atoms with van der Waals surface area (Å²) >= 11 is 0. The second-order valence-corrected chi connectivity index (χ2v) is 7.95. The number of H-pyrrole nitrogens is 1. The Labute approximate surface area is 195 Å². The Hall–Kier alpha value is -4.46. The zero-order valence-corrected chi connectivity index (χ0v) is 18.6. The minimum absolute atomic E-state index is 0.0259. The molecule has 1 amide bonds. The lowest BCUT2D eigenvalue weighted by Crippen LogP contribution is -2.30. The van der Waals surface area contributed by atoms with Gasteiger partial charge < -0.3 is 14.8 Å². The average Bonchev–Trinajstić information content (AvgIpc) is 3.39. The Morgan fingerprint density at radius 2 is 1.97 bits per heavy atom. The van der Waals surface area contributed by atoms with Crippen LogP contribution in [0.15, 0.2) is 72.6 Å². The molecule has 0 bridgehead atoms. The molecular weight excluding hydrogens is 432 g/mol. The lowest BCUT2D eigenvalue weighted by molar-refractivity contribution is -0.132. The number of Topliss-reactive ketones (excluding diaryl/α,β-unsaturated/α-hetero) is 1. The van der Waals surface area contributed by atoms with Crippen molar-refractivity contribution < 1.29 is 19.4 Å². The smallest absolute Gasteiger partial charge is 0.302 e. The van der Waals surface area contributed by atoms with Gasteiger partial charge in [0.05, 0.1) is 29.3 Å². The molecule has 1 saturated heterocycles. The van der Waals surface area contributed by atoms with Crippen molar-refractivity contribution in [3.8, 4) is 5.75 Å². The van der Waals surface area contributed by atoms with E-state index in [2.05, 4.69) is 15.0 Å². The molecule has 4 aromatic rings. The largest absolute Gasteiger partial charge is 0.507 e. The van der Waals surface area contributed by atoms with Crippen LogP contribution in [0.2, 0.25) is 0 Å². The molecule has 1 aliphatic heterocycles. The number of pyridine rings is 1. The van der Waals surface area contributed by atoms with Crippen molar-refractivity contribution >= 4 is 34.4 Å². The molecule has 170 valence electrons. The van der Waals surface area contributed by atoms with E-state index in [0.717, 1.165) is 11.1 Å². The van der Waals surface area contributed by atoms with Crippen molar-refractivity contribution in [2.45, 2.75) is 19.9 Å². The number of hydrogen-bond donors (Lipinski definition) is 2. The van der Waals surface area contributed by atoms with Crippen LogP contribution in [0.1, 0.15) is 29.7 Å². The Morgan fingerprint density at radius 1 is 1.15 bits per heavy atom. The minimum atomic E-state index is -0.902. The zero-order valence-electron chi connectivity index (χ0n) is 18.6. The van der Waals surface area contributed by atoms with Gasteiger partial charge in [-0.3, -0.25) is 19.5 Å². The van der Waals surface area contributed by atoms with E-state index in [1.165, 1.54) is 4.90 Å². The van der Waals surface area contributed by atoms with E-state index in [4.69, 9.17) is 4.74 Å². The highest BCUT2D eigenvalue weighted by Crippen LogP contribution is 2.41. The summed E-state index contributed by atoms with van der Waals surface area (Å²) in [6, 6.07) is 15.1. The number of ether oxygens (including phenoxy) is 1. The topological polar surface area (TPSA) is 108 Å². The molecule has 0 saturated carbocycles. The molecule has 3 heterocycles. The number of fused-ring (bicyclic) bond motifs is 1. The van der Waals surface area contributed by atoms with E-state index in [1.54, 1.807) is 42.7 Å². The number of amides is 1. The number of aromatic amines is 1. The molecule has 2 N–H and O–H groups in total. The van der Waals surface area contributed by atoms with Gasteiger partial charge in [-0.1, -0.05) is 18.2 Å². The number of anilines is 1. The third-order valence-electron chi connectivity index (χ3n) is 5.80. The van der Waals surface area contributed by atoms with Gasteiger partial charge in [-0.15, -0.1) is 0 Å². The van der Waals surface area contributed by atoms with Crippen molar-refractivity contribution in [1.29, 1.82) is 0 Å². The molecule has 2 aromatic heterocycles. The van der Waals surface area contributed by atoms with E-state index in [9.17, 15) is 14.7 Å². The Morgan fingerprint density at radius 3 is 2.68 bits per heavy atom. The first-order valence-corrected chi connectivity index (χ1v) is 10.9. The molecule has 1 unspecified atom stereocenters. The van der Waals surface area contributed by atoms with E-state index in [1.807, 2.05) is 38.1 Å². The maximum absolute atomic E-state index is 13.3. The molecule has 1 fully saturated rings. The number of benzene rings is 2. The minimum Gasteiger partial charge on any atom is -0.507 e. The van der Waals surface area contributed by atoms with Crippen molar-refractivity contribution in [2.75, 3.05) is 11.5 Å². The van der Waals surface area contributed by atoms with Crippen molar-refractivity contribution in [3.05, 3.63) is 89.3 Å². The highest BCUT2D eigenvalue weighted by atomic mass is 16.5. The van der Waals surface area contributed by atoms with Crippen LogP contribution in [0.25, 0.3) is 16.8 Å². The summed E-state index contributed by atoms with van der Waals surface area (Å²) in [4.78, 5) is 39.6. The van der Waals surface area contributed by atoms with Gasteiger partial charge in [0.25, 0.3) is 5.78 Å². The first-order valence-electron chi connectivity index (χ1n) is 10.9. The number of aliphatic hydroxyl groups is 1. The fourth-order valence-corrected chi connectivity index (χ4v) is 4.23. The summed E-state index contributed by atoms with van der Waals surface area (Å²) in [5.41, 5.74) is 3.15. The predicted octanol–water partition coefficient (Wildman–Crippen LogP) is 4.29. The molecule has 5 rings (SSSR count). The summed E-state index contributed by atoms with van der Waals surface area (Å²) < 4.78 is 5.58. The Bertz CT molecular complexity index is 1410. The van der Waals surface area contributed by atoms with Crippen LogP contribution < -0.4 is 9.64 Å². The van der Waals surface area contributed by atoms with Gasteiger partial charge in [0.15, 0.2) is 0 Å². The number of rotatable bonds is 5. The van der Waals surface area contributed by atoms with E-state index >= 15 is 0 Å². The molecule has 34 heavy (non-hydrogen) atoms. The molecule has 0 aliphatic carbocycles. The number of nitrogens with zero attached hydrogens (tertiary/aromatic N) is 3. The lowest BCUT2D eigenvalue weighted by atomic mass is 9.96. The molecule has 8 heteroatoms. The second kappa shape index (κ2) is 8.47. The number of aryl methyl sites for hydroxylation is 1. The molecule has 1 atom stereocenters. The van der Waals surface area contributed by atoms with Gasteiger partial charge in [-0.2, -0.15) is 0 Å². The Kier molecular flexibility index (Phi) is 5.33. The highest BCUT2D eigenvalue weighted by molar-refractivity contribution is 6.51. The summed E-state index contributed by atoms with van der Waals surface area (Å²) in [5.74, 6) is -0.933. The summed E-state index contributed by atoms with van der Waals surface area (Å²) in [6.07, 6.45) is 3.18. The van der Waals surface area contributed by atoms with Crippen LogP contribution in [-0.2, 0) is 9.59 Å². The number of carbonyl (C=O) groups is 2. The van der Waals surface area contributed by atoms with Gasteiger partial charge in [0.1, 0.15) is 11.5 Å². The van der Waals surface area contributed by atoms with Gasteiger partial charge in [-0.05, 0) is 61.4 Å². The third-order valence-corrected chi connectivity index (χ3v) is 5.80. The number of carbonyl (C=O) groups excluding carboxylic acids is 2. The van der Waals surface area contributed by atoms with Crippen LogP contribution in [0.3, 0.4) is 0 Å². The quantitative estimate of drug-likeness (QED) is 0.265. The van der Waals surface area contributed by atoms with Crippen LogP contribution in [0.4, 0.5) is 5.95 Å². The summed E-state index contributed by atoms with van der Waals surface area (Å²) in [7, 11) is 0. The maximum atomic E-state index is 13.3. The van der Waals surface area contributed by atoms with Gasteiger partial charge >= 0.3 is 5.91 Å². The SMILES string of the molecule is CCOc1ccc(/C(O)=C2\C(=O)C(=O)N(c3nc4ccccc4[nH]3)C2c2cccnc2)cc1C. The average molecular weight is 454 g/mol. The van der Waals surface area contributed by atoms with Crippen LogP contribution in [0, 0.1) is 6.92 Å². The van der Waals surface area contributed by atoms with Gasteiger partial charge in [0, 0.05) is 18.0 Å². The van der Waals surface area contributed by atoms with E-state index in [0.29, 0.717) is 29.0 Å². The molecule has 8 nitrogen and oxygen atoms in total. The van der Waals surface area contributed by atoms with E-state index < -0.39 is 17.7 Å². The molecular formula is C26H22N4O4. The fraction of sp³-hybridized carbons (Fsp3) is 0.154. The van der Waals surface area contributed by atoms with Gasteiger partial charge in [0.2, 0.25) is 5.95 Å². The lowest BCUT2D eigenvalue weighted by Gasteiger charge is -2.22. The summed E-state index contributed by atoms with van der Waals surface area (Å²) in [5, 5.41) is 11.3. The normalized spacial score (nSPS) is 17.5. The number of hydrogen-bond acceptors (Lipinski definition) is 6. The molecule has 2 aromatic carbocycles.